The van der Waals surface area contributed by atoms with E-state index in [2.05, 4.69) is 46.1 Å². The maximum atomic E-state index is 13.0. The number of carbonyl (C=O) groups is 1. The van der Waals surface area contributed by atoms with Gasteiger partial charge in [-0.25, -0.2) is 0 Å². The van der Waals surface area contributed by atoms with E-state index in [0.29, 0.717) is 11.8 Å². The molecule has 0 aliphatic carbocycles. The highest BCUT2D eigenvalue weighted by molar-refractivity contribution is 7.99. The fraction of sp³-hybridized carbons (Fsp3) is 0.391. The number of carbonyl (C=O) groups excluding carboxylic acids is 1. The van der Waals surface area contributed by atoms with E-state index >= 15 is 0 Å². The Hall–Kier alpha value is -2.67. The van der Waals surface area contributed by atoms with Crippen LogP contribution in [0.1, 0.15) is 38.2 Å². The molecule has 1 aliphatic rings. The molecule has 0 N–H and O–H groups in total. The van der Waals surface area contributed by atoms with E-state index in [4.69, 9.17) is 0 Å². The highest BCUT2D eigenvalue weighted by Crippen LogP contribution is 2.30. The molecule has 0 radical (unpaired) electrons. The third-order valence-corrected chi connectivity index (χ3v) is 6.57. The van der Waals surface area contributed by atoms with Crippen molar-refractivity contribution in [3.8, 4) is 17.1 Å². The zero-order valence-corrected chi connectivity index (χ0v) is 18.3. The van der Waals surface area contributed by atoms with Crippen molar-refractivity contribution < 1.29 is 4.79 Å². The van der Waals surface area contributed by atoms with Crippen molar-refractivity contribution in [2.24, 2.45) is 0 Å². The Morgan fingerprint density at radius 3 is 2.80 bits per heavy atom. The molecule has 1 saturated heterocycles. The smallest absolute Gasteiger partial charge is 0.233 e. The lowest BCUT2D eigenvalue weighted by Gasteiger charge is -2.35. The normalized spacial score (nSPS) is 16.6. The molecule has 3 aromatic rings. The number of thioether (sulfide) groups is 1. The molecule has 1 fully saturated rings. The van der Waals surface area contributed by atoms with Gasteiger partial charge in [-0.3, -0.25) is 14.3 Å². The minimum absolute atomic E-state index is 0.189. The number of aromatic nitrogens is 4. The fourth-order valence-corrected chi connectivity index (χ4v) is 4.87. The number of aryl methyl sites for hydroxylation is 1. The Bertz CT molecular complexity index is 1000. The lowest BCUT2D eigenvalue weighted by molar-refractivity contribution is -0.132. The molecular formula is C23H27N5OS. The summed E-state index contributed by atoms with van der Waals surface area (Å²) >= 11 is 1.46. The first-order valence-electron chi connectivity index (χ1n) is 10.5. The highest BCUT2D eigenvalue weighted by Gasteiger charge is 2.26. The maximum absolute atomic E-state index is 13.0. The number of likely N-dealkylation sites (tertiary alicyclic amines) is 1. The van der Waals surface area contributed by atoms with E-state index in [0.717, 1.165) is 53.6 Å². The van der Waals surface area contributed by atoms with Gasteiger partial charge < -0.3 is 4.90 Å². The lowest BCUT2D eigenvalue weighted by Crippen LogP contribution is -2.44. The van der Waals surface area contributed by atoms with Crippen molar-refractivity contribution in [2.75, 3.05) is 12.3 Å². The number of rotatable bonds is 6. The van der Waals surface area contributed by atoms with Crippen molar-refractivity contribution in [2.45, 2.75) is 50.7 Å². The quantitative estimate of drug-likeness (QED) is 0.548. The average molecular weight is 422 g/mol. The number of benzene rings is 1. The Labute approximate surface area is 181 Å². The van der Waals surface area contributed by atoms with Crippen LogP contribution in [0.4, 0.5) is 0 Å². The SMILES string of the molecule is CCC1CCCCN1C(=O)CSc1nnc(-c2cccnc2)n1-c1ccccc1C. The molecule has 1 atom stereocenters. The summed E-state index contributed by atoms with van der Waals surface area (Å²) in [5.74, 6) is 1.29. The first-order valence-corrected chi connectivity index (χ1v) is 11.5. The van der Waals surface area contributed by atoms with Crippen LogP contribution in [-0.4, -0.2) is 48.9 Å². The van der Waals surface area contributed by atoms with Gasteiger partial charge in [0.25, 0.3) is 0 Å². The second-order valence-electron chi connectivity index (χ2n) is 7.60. The first kappa shape index (κ1) is 20.6. The zero-order valence-electron chi connectivity index (χ0n) is 17.5. The molecule has 30 heavy (non-hydrogen) atoms. The molecule has 1 unspecified atom stereocenters. The molecule has 0 saturated carbocycles. The number of nitrogens with zero attached hydrogens (tertiary/aromatic N) is 5. The van der Waals surface area contributed by atoms with E-state index < -0.39 is 0 Å². The van der Waals surface area contributed by atoms with Crippen LogP contribution in [0.2, 0.25) is 0 Å². The largest absolute Gasteiger partial charge is 0.339 e. The standard InChI is InChI=1S/C23H27N5OS/c1-3-19-11-6-7-14-27(19)21(29)16-30-23-26-25-22(18-10-8-13-24-15-18)28(23)20-12-5-4-9-17(20)2/h4-5,8-10,12-13,15,19H,3,6-7,11,14,16H2,1-2H3. The van der Waals surface area contributed by atoms with E-state index in [1.807, 2.05) is 28.8 Å². The molecule has 156 valence electrons. The molecule has 0 spiro atoms. The molecule has 1 amide bonds. The summed E-state index contributed by atoms with van der Waals surface area (Å²) in [5, 5.41) is 9.62. The lowest BCUT2D eigenvalue weighted by atomic mass is 10.0. The molecule has 6 nitrogen and oxygen atoms in total. The van der Waals surface area contributed by atoms with Crippen molar-refractivity contribution in [3.63, 3.8) is 0 Å². The van der Waals surface area contributed by atoms with Gasteiger partial charge in [-0.2, -0.15) is 0 Å². The molecule has 1 aliphatic heterocycles. The number of hydrogen-bond donors (Lipinski definition) is 0. The maximum Gasteiger partial charge on any atom is 0.233 e. The second-order valence-corrected chi connectivity index (χ2v) is 8.55. The van der Waals surface area contributed by atoms with Crippen LogP contribution in [0.15, 0.2) is 53.9 Å². The van der Waals surface area contributed by atoms with Gasteiger partial charge in [0.15, 0.2) is 11.0 Å². The van der Waals surface area contributed by atoms with E-state index in [-0.39, 0.29) is 5.91 Å². The minimum Gasteiger partial charge on any atom is -0.339 e. The molecular weight excluding hydrogens is 394 g/mol. The van der Waals surface area contributed by atoms with Gasteiger partial charge in [0.2, 0.25) is 5.91 Å². The van der Waals surface area contributed by atoms with E-state index in [9.17, 15) is 4.79 Å². The van der Waals surface area contributed by atoms with Crippen LogP contribution >= 0.6 is 11.8 Å². The Morgan fingerprint density at radius 2 is 2.03 bits per heavy atom. The summed E-state index contributed by atoms with van der Waals surface area (Å²) in [6.45, 7) is 5.10. The molecule has 2 aromatic heterocycles. The van der Waals surface area contributed by atoms with Gasteiger partial charge in [0.1, 0.15) is 0 Å². The van der Waals surface area contributed by atoms with Crippen molar-refractivity contribution in [1.29, 1.82) is 0 Å². The molecule has 3 heterocycles. The van der Waals surface area contributed by atoms with Gasteiger partial charge in [0.05, 0.1) is 11.4 Å². The zero-order chi connectivity index (χ0) is 20.9. The van der Waals surface area contributed by atoms with Crippen LogP contribution in [0.3, 0.4) is 0 Å². The van der Waals surface area contributed by atoms with E-state index in [1.54, 1.807) is 12.4 Å². The Kier molecular flexibility index (Phi) is 6.47. The van der Waals surface area contributed by atoms with Crippen LogP contribution < -0.4 is 0 Å². The molecule has 4 rings (SSSR count). The van der Waals surface area contributed by atoms with Gasteiger partial charge >= 0.3 is 0 Å². The highest BCUT2D eigenvalue weighted by atomic mass is 32.2. The predicted molar refractivity (Wildman–Crippen MR) is 120 cm³/mol. The summed E-state index contributed by atoms with van der Waals surface area (Å²) in [5.41, 5.74) is 3.03. The number of hydrogen-bond acceptors (Lipinski definition) is 5. The Morgan fingerprint density at radius 1 is 1.17 bits per heavy atom. The van der Waals surface area contributed by atoms with Crippen molar-refractivity contribution in [1.82, 2.24) is 24.6 Å². The van der Waals surface area contributed by atoms with Crippen LogP contribution in [0.5, 0.6) is 0 Å². The van der Waals surface area contributed by atoms with Crippen molar-refractivity contribution in [3.05, 3.63) is 54.4 Å². The number of amides is 1. The summed E-state index contributed by atoms with van der Waals surface area (Å²) in [6.07, 6.45) is 7.97. The second kappa shape index (κ2) is 9.43. The van der Waals surface area contributed by atoms with E-state index in [1.165, 1.54) is 18.2 Å². The average Bonchev–Trinajstić information content (AvgIpc) is 3.22. The first-order chi connectivity index (χ1) is 14.7. The van der Waals surface area contributed by atoms with Gasteiger partial charge in [-0.1, -0.05) is 36.9 Å². The van der Waals surface area contributed by atoms with Crippen LogP contribution in [0, 0.1) is 6.92 Å². The fourth-order valence-electron chi connectivity index (χ4n) is 4.04. The third-order valence-electron chi connectivity index (χ3n) is 5.65. The van der Waals surface area contributed by atoms with Crippen LogP contribution in [0.25, 0.3) is 17.1 Å². The van der Waals surface area contributed by atoms with Gasteiger partial charge in [-0.15, -0.1) is 10.2 Å². The predicted octanol–water partition coefficient (Wildman–Crippen LogP) is 4.52. The molecule has 7 heteroatoms. The Balaban J connectivity index is 1.63. The van der Waals surface area contributed by atoms with Crippen molar-refractivity contribution >= 4 is 17.7 Å². The topological polar surface area (TPSA) is 63.9 Å². The van der Waals surface area contributed by atoms with Crippen LogP contribution in [-0.2, 0) is 4.79 Å². The van der Waals surface area contributed by atoms with Gasteiger partial charge in [0, 0.05) is 30.5 Å². The molecule has 1 aromatic carbocycles. The summed E-state index contributed by atoms with van der Waals surface area (Å²) in [6, 6.07) is 12.4. The number of para-hydroxylation sites is 1. The van der Waals surface area contributed by atoms with Gasteiger partial charge in [-0.05, 0) is 56.4 Å². The summed E-state index contributed by atoms with van der Waals surface area (Å²) < 4.78 is 2.04. The monoisotopic (exact) mass is 421 g/mol. The minimum atomic E-state index is 0.189. The summed E-state index contributed by atoms with van der Waals surface area (Å²) in [7, 11) is 0. The number of pyridine rings is 1. The molecule has 0 bridgehead atoms. The number of piperidine rings is 1. The summed E-state index contributed by atoms with van der Waals surface area (Å²) in [4.78, 5) is 19.3. The third kappa shape index (κ3) is 4.26.